The van der Waals surface area contributed by atoms with Crippen LogP contribution in [0.1, 0.15) is 38.5 Å². The summed E-state index contributed by atoms with van der Waals surface area (Å²) in [7, 11) is 0. The summed E-state index contributed by atoms with van der Waals surface area (Å²) < 4.78 is 0. The van der Waals surface area contributed by atoms with Crippen LogP contribution in [0.5, 0.6) is 0 Å². The minimum absolute atomic E-state index is 0.0714. The van der Waals surface area contributed by atoms with E-state index in [1.807, 2.05) is 11.8 Å². The second-order valence-corrected chi connectivity index (χ2v) is 6.97. The van der Waals surface area contributed by atoms with Gasteiger partial charge in [0.15, 0.2) is 0 Å². The van der Waals surface area contributed by atoms with Crippen molar-refractivity contribution >= 4 is 23.8 Å². The normalized spacial score (nSPS) is 30.5. The molecule has 2 amide bonds. The predicted octanol–water partition coefficient (Wildman–Crippen LogP) is 2.07. The van der Waals surface area contributed by atoms with E-state index in [1.54, 1.807) is 0 Å². The van der Waals surface area contributed by atoms with Crippen molar-refractivity contribution in [3.8, 4) is 0 Å². The van der Waals surface area contributed by atoms with Crippen LogP contribution in [-0.2, 0) is 4.79 Å². The Balaban J connectivity index is 1.60. The monoisotopic (exact) mass is 300 g/mol. The average molecular weight is 300 g/mol. The van der Waals surface area contributed by atoms with Crippen molar-refractivity contribution in [1.29, 1.82) is 0 Å². The molecule has 5 nitrogen and oxygen atoms in total. The molecule has 6 heteroatoms. The highest BCUT2D eigenvalue weighted by Gasteiger charge is 2.26. The number of carbonyl (C=O) groups excluding carboxylic acids is 1. The topological polar surface area (TPSA) is 78.4 Å². The number of aliphatic carboxylic acids is 1. The molecule has 1 aliphatic carbocycles. The van der Waals surface area contributed by atoms with E-state index in [0.29, 0.717) is 18.5 Å². The number of carbonyl (C=O) groups is 2. The Hall–Kier alpha value is -0.910. The first-order valence-corrected chi connectivity index (χ1v) is 8.65. The number of thioether (sulfide) groups is 1. The Morgan fingerprint density at radius 1 is 1.15 bits per heavy atom. The number of carboxylic acids is 1. The molecule has 2 aliphatic rings. The zero-order valence-corrected chi connectivity index (χ0v) is 12.6. The van der Waals surface area contributed by atoms with Gasteiger partial charge in [0.2, 0.25) is 0 Å². The predicted molar refractivity (Wildman–Crippen MR) is 80.0 cm³/mol. The summed E-state index contributed by atoms with van der Waals surface area (Å²) >= 11 is 1.90. The summed E-state index contributed by atoms with van der Waals surface area (Å²) in [6.07, 6.45) is 5.52. The molecule has 0 radical (unpaired) electrons. The third kappa shape index (κ3) is 4.89. The van der Waals surface area contributed by atoms with Crippen LogP contribution < -0.4 is 10.6 Å². The van der Waals surface area contributed by atoms with Crippen LogP contribution in [-0.4, -0.2) is 41.2 Å². The van der Waals surface area contributed by atoms with Gasteiger partial charge in [-0.25, -0.2) is 4.79 Å². The molecule has 2 fully saturated rings. The van der Waals surface area contributed by atoms with E-state index in [2.05, 4.69) is 10.6 Å². The lowest BCUT2D eigenvalue weighted by Gasteiger charge is -2.27. The molecule has 0 aromatic rings. The molecule has 1 aliphatic heterocycles. The molecule has 1 saturated heterocycles. The maximum Gasteiger partial charge on any atom is 0.315 e. The minimum atomic E-state index is -0.677. The largest absolute Gasteiger partial charge is 0.481 e. The lowest BCUT2D eigenvalue weighted by atomic mass is 9.82. The van der Waals surface area contributed by atoms with Crippen molar-refractivity contribution in [3.63, 3.8) is 0 Å². The Morgan fingerprint density at radius 3 is 2.50 bits per heavy atom. The van der Waals surface area contributed by atoms with E-state index in [9.17, 15) is 9.59 Å². The van der Waals surface area contributed by atoms with Gasteiger partial charge in [0.05, 0.1) is 5.92 Å². The zero-order chi connectivity index (χ0) is 14.4. The second-order valence-electron chi connectivity index (χ2n) is 5.82. The van der Waals surface area contributed by atoms with E-state index in [4.69, 9.17) is 5.11 Å². The van der Waals surface area contributed by atoms with E-state index < -0.39 is 5.97 Å². The standard InChI is InChI=1S/C14H24N2O3S/c17-13(18)11-5-3-10(4-6-11)8-15-14(19)16-12-2-1-7-20-9-12/h10-12H,1-9H2,(H,17,18)(H2,15,16,19). The number of hydrogen-bond acceptors (Lipinski definition) is 3. The van der Waals surface area contributed by atoms with Crippen LogP contribution in [0, 0.1) is 11.8 Å². The van der Waals surface area contributed by atoms with Crippen molar-refractivity contribution in [2.45, 2.75) is 44.6 Å². The van der Waals surface area contributed by atoms with Crippen molar-refractivity contribution in [1.82, 2.24) is 10.6 Å². The molecule has 1 unspecified atom stereocenters. The minimum Gasteiger partial charge on any atom is -0.481 e. The highest BCUT2D eigenvalue weighted by atomic mass is 32.2. The first kappa shape index (κ1) is 15.5. The smallest absolute Gasteiger partial charge is 0.315 e. The zero-order valence-electron chi connectivity index (χ0n) is 11.8. The van der Waals surface area contributed by atoms with Gasteiger partial charge in [0.1, 0.15) is 0 Å². The molecule has 2 rings (SSSR count). The lowest BCUT2D eigenvalue weighted by molar-refractivity contribution is -0.143. The maximum absolute atomic E-state index is 11.8. The lowest BCUT2D eigenvalue weighted by Crippen LogP contribution is -2.45. The van der Waals surface area contributed by atoms with Crippen LogP contribution in [0.15, 0.2) is 0 Å². The molecule has 1 heterocycles. The number of carboxylic acid groups (broad SMARTS) is 1. The molecule has 0 spiro atoms. The molecule has 114 valence electrons. The highest BCUT2D eigenvalue weighted by Crippen LogP contribution is 2.28. The summed E-state index contributed by atoms with van der Waals surface area (Å²) in [5, 5.41) is 14.9. The van der Waals surface area contributed by atoms with E-state index in [1.165, 1.54) is 12.2 Å². The average Bonchev–Trinajstić information content (AvgIpc) is 2.46. The van der Waals surface area contributed by atoms with Gasteiger partial charge in [0.25, 0.3) is 0 Å². The summed E-state index contributed by atoms with van der Waals surface area (Å²) in [6.45, 7) is 0.665. The fraction of sp³-hybridized carbons (Fsp3) is 0.857. The van der Waals surface area contributed by atoms with Gasteiger partial charge < -0.3 is 15.7 Å². The third-order valence-corrected chi connectivity index (χ3v) is 5.46. The molecule has 0 bridgehead atoms. The quantitative estimate of drug-likeness (QED) is 0.742. The summed E-state index contributed by atoms with van der Waals surface area (Å²) in [4.78, 5) is 22.7. The molecule has 1 atom stereocenters. The van der Waals surface area contributed by atoms with Gasteiger partial charge >= 0.3 is 12.0 Å². The van der Waals surface area contributed by atoms with Crippen LogP contribution in [0.4, 0.5) is 4.79 Å². The van der Waals surface area contributed by atoms with E-state index in [-0.39, 0.29) is 11.9 Å². The summed E-state index contributed by atoms with van der Waals surface area (Å²) in [5.41, 5.74) is 0. The molecule has 3 N–H and O–H groups in total. The Morgan fingerprint density at radius 2 is 1.90 bits per heavy atom. The maximum atomic E-state index is 11.8. The van der Waals surface area contributed by atoms with Gasteiger partial charge in [0, 0.05) is 18.3 Å². The van der Waals surface area contributed by atoms with Crippen LogP contribution in [0.2, 0.25) is 0 Å². The van der Waals surface area contributed by atoms with Gasteiger partial charge in [-0.2, -0.15) is 11.8 Å². The fourth-order valence-corrected chi connectivity index (χ4v) is 4.01. The van der Waals surface area contributed by atoms with Crippen molar-refractivity contribution in [2.75, 3.05) is 18.1 Å². The molecule has 0 aromatic carbocycles. The number of nitrogens with one attached hydrogen (secondary N) is 2. The van der Waals surface area contributed by atoms with Crippen molar-refractivity contribution in [3.05, 3.63) is 0 Å². The van der Waals surface area contributed by atoms with Crippen LogP contribution >= 0.6 is 11.8 Å². The number of hydrogen-bond donors (Lipinski definition) is 3. The summed E-state index contributed by atoms with van der Waals surface area (Å²) in [5.74, 6) is 1.78. The molecular formula is C14H24N2O3S. The SMILES string of the molecule is O=C(NCC1CCC(C(=O)O)CC1)NC1CCCSC1. The van der Waals surface area contributed by atoms with Gasteiger partial charge in [-0.3, -0.25) is 4.79 Å². The Labute approximate surface area is 124 Å². The first-order valence-electron chi connectivity index (χ1n) is 7.50. The van der Waals surface area contributed by atoms with Crippen molar-refractivity contribution in [2.24, 2.45) is 11.8 Å². The van der Waals surface area contributed by atoms with E-state index >= 15 is 0 Å². The Kier molecular flexibility index (Phi) is 6.01. The molecule has 0 aromatic heterocycles. The van der Waals surface area contributed by atoms with Gasteiger partial charge in [-0.15, -0.1) is 0 Å². The third-order valence-electron chi connectivity index (χ3n) is 4.24. The first-order chi connectivity index (χ1) is 9.65. The van der Waals surface area contributed by atoms with Crippen LogP contribution in [0.25, 0.3) is 0 Å². The van der Waals surface area contributed by atoms with Crippen molar-refractivity contribution < 1.29 is 14.7 Å². The molecule has 1 saturated carbocycles. The second kappa shape index (κ2) is 7.76. The van der Waals surface area contributed by atoms with Gasteiger partial charge in [-0.1, -0.05) is 0 Å². The molecular weight excluding hydrogens is 276 g/mol. The highest BCUT2D eigenvalue weighted by molar-refractivity contribution is 7.99. The number of rotatable bonds is 4. The molecule has 20 heavy (non-hydrogen) atoms. The van der Waals surface area contributed by atoms with E-state index in [0.717, 1.165) is 37.9 Å². The number of amides is 2. The summed E-state index contributed by atoms with van der Waals surface area (Å²) in [6, 6.07) is 0.231. The Bertz CT molecular complexity index is 337. The number of urea groups is 1. The van der Waals surface area contributed by atoms with Gasteiger partial charge in [-0.05, 0) is 50.2 Å². The fourth-order valence-electron chi connectivity index (χ4n) is 2.94. The van der Waals surface area contributed by atoms with Crippen LogP contribution in [0.3, 0.4) is 0 Å².